The van der Waals surface area contributed by atoms with E-state index in [-0.39, 0.29) is 48.4 Å². The summed E-state index contributed by atoms with van der Waals surface area (Å²) < 4.78 is 13.3. The number of aromatic hydroxyl groups is 2. The highest BCUT2D eigenvalue weighted by atomic mass is 35.5. The van der Waals surface area contributed by atoms with Gasteiger partial charge in [-0.1, -0.05) is 24.3 Å². The number of hydrogen-bond donors (Lipinski definition) is 4. The van der Waals surface area contributed by atoms with Gasteiger partial charge in [-0.25, -0.2) is 0 Å². The molecular weight excluding hydrogens is 679 g/mol. The summed E-state index contributed by atoms with van der Waals surface area (Å²) >= 11 is 0. The first-order chi connectivity index (χ1) is 23.2. The van der Waals surface area contributed by atoms with Gasteiger partial charge in [-0.3, -0.25) is 9.80 Å². The fraction of sp³-hybridized carbons (Fsp3) is 0.526. The van der Waals surface area contributed by atoms with Crippen LogP contribution in [0.5, 0.6) is 23.0 Å². The normalized spacial score (nSPS) is 39.7. The number of halogens is 2. The van der Waals surface area contributed by atoms with Crippen LogP contribution in [0.4, 0.5) is 0 Å². The van der Waals surface area contributed by atoms with E-state index in [1.165, 1.54) is 0 Å². The lowest BCUT2D eigenvalue weighted by Crippen LogP contribution is -2.76. The summed E-state index contributed by atoms with van der Waals surface area (Å²) in [5.41, 5.74) is 1.99. The Morgan fingerprint density at radius 3 is 1.52 bits per heavy atom. The molecule has 10 rings (SSSR count). The predicted octanol–water partition coefficient (Wildman–Crippen LogP) is 4.12. The minimum atomic E-state index is -1.06. The Balaban J connectivity index is 0.00000180. The third-order valence-corrected chi connectivity index (χ3v) is 13.8. The van der Waals surface area contributed by atoms with Gasteiger partial charge in [-0.2, -0.15) is 10.2 Å². The van der Waals surface area contributed by atoms with Crippen molar-refractivity contribution < 1.29 is 29.9 Å². The van der Waals surface area contributed by atoms with Crippen molar-refractivity contribution in [1.82, 2.24) is 9.80 Å². The van der Waals surface area contributed by atoms with Gasteiger partial charge < -0.3 is 29.9 Å². The monoisotopic (exact) mass is 722 g/mol. The van der Waals surface area contributed by atoms with E-state index in [4.69, 9.17) is 19.7 Å². The van der Waals surface area contributed by atoms with Gasteiger partial charge in [0.05, 0.1) is 33.5 Å². The second-order valence-electron chi connectivity index (χ2n) is 15.4. The third-order valence-electron chi connectivity index (χ3n) is 13.8. The van der Waals surface area contributed by atoms with Gasteiger partial charge in [0, 0.05) is 49.4 Å². The maximum atomic E-state index is 12.7. The highest BCUT2D eigenvalue weighted by molar-refractivity contribution is 5.98. The first-order valence-corrected chi connectivity index (χ1v) is 17.5. The smallest absolute Gasteiger partial charge is 0.166 e. The number of likely N-dealkylation sites (tertiary alicyclic amines) is 2. The van der Waals surface area contributed by atoms with E-state index < -0.39 is 34.2 Å². The maximum Gasteiger partial charge on any atom is 0.166 e. The first-order valence-electron chi connectivity index (χ1n) is 17.5. The molecule has 2 saturated heterocycles. The van der Waals surface area contributed by atoms with Crippen LogP contribution in [0.1, 0.15) is 60.8 Å². The average molecular weight is 724 g/mol. The van der Waals surface area contributed by atoms with Gasteiger partial charge in [-0.05, 0) is 74.6 Å². The summed E-state index contributed by atoms with van der Waals surface area (Å²) in [5, 5.41) is 57.4. The predicted molar refractivity (Wildman–Crippen MR) is 194 cm³/mol. The number of aliphatic hydroxyl groups is 2. The van der Waals surface area contributed by atoms with Crippen molar-refractivity contribution in [2.45, 2.75) is 97.7 Å². The summed E-state index contributed by atoms with van der Waals surface area (Å²) in [6.45, 7) is 10.9. The molecule has 8 aliphatic rings. The molecule has 4 aliphatic heterocycles. The van der Waals surface area contributed by atoms with Crippen LogP contribution in [0.25, 0.3) is 0 Å². The molecule has 4 aliphatic carbocycles. The quantitative estimate of drug-likeness (QED) is 0.268. The Morgan fingerprint density at radius 1 is 0.700 bits per heavy atom. The maximum absolute atomic E-state index is 12.7. The van der Waals surface area contributed by atoms with E-state index in [1.54, 1.807) is 12.1 Å². The standard InChI is InChI=1S/C38H42N4O6.2ClH/c1-3-15-41-17-13-35-29-21-5-7-25(43)31(29)47-33(35)23(9-11-37(35,45)27(41)19-21)39-40-24-10-12-38(46)28-20-22-6-8-26(44)32-30(22)36(38,34(24)48-32)14-18-42(28)16-4-2;;/h3-8,27-28,33-34,43-46H,1-2,9-20H2;2*1H/t27-,28-,33-,34-,35+,36+,37-,38-;;/m1../s1. The number of phenolic OH excluding ortho intramolecular Hbond substituents is 2. The molecule has 10 nitrogen and oxygen atoms in total. The molecule has 2 spiro atoms. The van der Waals surface area contributed by atoms with Gasteiger partial charge in [0.2, 0.25) is 0 Å². The van der Waals surface area contributed by atoms with Crippen LogP contribution in [-0.2, 0) is 23.7 Å². The average Bonchev–Trinajstić information content (AvgIpc) is 3.61. The van der Waals surface area contributed by atoms with Crippen LogP contribution in [0.2, 0.25) is 0 Å². The van der Waals surface area contributed by atoms with Crippen molar-refractivity contribution in [3.8, 4) is 23.0 Å². The van der Waals surface area contributed by atoms with Crippen molar-refractivity contribution in [2.24, 2.45) is 10.2 Å². The van der Waals surface area contributed by atoms with Crippen molar-refractivity contribution in [2.75, 3.05) is 26.2 Å². The van der Waals surface area contributed by atoms with Crippen LogP contribution in [0.15, 0.2) is 59.8 Å². The number of ether oxygens (including phenoxy) is 2. The lowest BCUT2D eigenvalue weighted by atomic mass is 9.48. The van der Waals surface area contributed by atoms with Crippen LogP contribution in [0.3, 0.4) is 0 Å². The summed E-state index contributed by atoms with van der Waals surface area (Å²) in [4.78, 5) is 4.68. The molecule has 0 unspecified atom stereocenters. The van der Waals surface area contributed by atoms with Gasteiger partial charge >= 0.3 is 0 Å². The summed E-state index contributed by atoms with van der Waals surface area (Å²) in [5.74, 6) is 1.11. The Hall–Kier alpha value is -3.12. The molecule has 2 aromatic rings. The second kappa shape index (κ2) is 11.2. The van der Waals surface area contributed by atoms with Gasteiger partial charge in [-0.15, -0.1) is 38.0 Å². The van der Waals surface area contributed by atoms with Crippen LogP contribution < -0.4 is 9.47 Å². The van der Waals surface area contributed by atoms with E-state index in [0.29, 0.717) is 76.0 Å². The Kier molecular flexibility index (Phi) is 7.61. The van der Waals surface area contributed by atoms with Crippen LogP contribution in [-0.4, -0.2) is 103 Å². The number of nitrogens with zero attached hydrogens (tertiary/aromatic N) is 4. The van der Waals surface area contributed by atoms with Gasteiger partial charge in [0.15, 0.2) is 35.2 Å². The van der Waals surface area contributed by atoms with Crippen molar-refractivity contribution in [3.63, 3.8) is 0 Å². The number of rotatable bonds is 5. The molecule has 0 amide bonds. The third kappa shape index (κ3) is 3.75. The second-order valence-corrected chi connectivity index (χ2v) is 15.4. The summed E-state index contributed by atoms with van der Waals surface area (Å²) in [7, 11) is 0. The van der Waals surface area contributed by atoms with E-state index >= 15 is 0 Å². The molecule has 4 N–H and O–H groups in total. The molecule has 0 radical (unpaired) electrons. The Morgan fingerprint density at radius 2 is 1.12 bits per heavy atom. The lowest BCUT2D eigenvalue weighted by molar-refractivity contribution is -0.164. The Labute approximate surface area is 304 Å². The van der Waals surface area contributed by atoms with Crippen molar-refractivity contribution in [1.29, 1.82) is 0 Å². The molecule has 0 aromatic heterocycles. The molecule has 2 aromatic carbocycles. The zero-order valence-corrected chi connectivity index (χ0v) is 29.5. The minimum absolute atomic E-state index is 0. The fourth-order valence-electron chi connectivity index (χ4n) is 12.0. The highest BCUT2D eigenvalue weighted by Crippen LogP contribution is 2.66. The topological polar surface area (TPSA) is 131 Å². The van der Waals surface area contributed by atoms with Crippen molar-refractivity contribution in [3.05, 3.63) is 71.8 Å². The zero-order valence-electron chi connectivity index (χ0n) is 27.9. The number of piperidine rings is 2. The first kappa shape index (κ1) is 34.0. The zero-order chi connectivity index (χ0) is 32.8. The van der Waals surface area contributed by atoms with E-state index in [2.05, 4.69) is 23.0 Å². The van der Waals surface area contributed by atoms with Gasteiger partial charge in [0.25, 0.3) is 0 Å². The molecule has 12 heteroatoms. The van der Waals surface area contributed by atoms with E-state index in [0.717, 1.165) is 46.8 Å². The fourth-order valence-corrected chi connectivity index (χ4v) is 12.0. The molecule has 4 bridgehead atoms. The molecule has 4 fully saturated rings. The summed E-state index contributed by atoms with van der Waals surface area (Å²) in [6.07, 6.45) is 7.42. The largest absolute Gasteiger partial charge is 0.504 e. The highest BCUT2D eigenvalue weighted by Gasteiger charge is 2.74. The number of hydrogen-bond acceptors (Lipinski definition) is 10. The molecule has 4 heterocycles. The molecule has 8 atom stereocenters. The molecular formula is C38H44Cl2N4O6. The molecule has 2 saturated carbocycles. The number of phenols is 2. The lowest BCUT2D eigenvalue weighted by Gasteiger charge is -2.63. The minimum Gasteiger partial charge on any atom is -0.504 e. The van der Waals surface area contributed by atoms with Crippen LogP contribution >= 0.6 is 24.8 Å². The molecule has 50 heavy (non-hydrogen) atoms. The number of benzene rings is 2. The van der Waals surface area contributed by atoms with Crippen molar-refractivity contribution >= 4 is 36.2 Å². The molecule has 266 valence electrons. The van der Waals surface area contributed by atoms with E-state index in [1.807, 2.05) is 24.3 Å². The van der Waals surface area contributed by atoms with E-state index in [9.17, 15) is 20.4 Å². The SMILES string of the molecule is C=CCN1CC[C@]23c4c5ccc(O)c4O[C@@H]2C(=NN=C2CC[C@@]4(O)[C@H]6Cc7ccc(O)c8c7[C@@]4(CCN6CC=C)[C@@H]2O8)CC[C@@]3(O)[C@H]1C5.Cl.Cl. The summed E-state index contributed by atoms with van der Waals surface area (Å²) in [6, 6.07) is 7.18. The Bertz CT molecular complexity index is 1750. The van der Waals surface area contributed by atoms with Gasteiger partial charge in [0.1, 0.15) is 0 Å². The van der Waals surface area contributed by atoms with Crippen LogP contribution in [0, 0.1) is 0 Å².